The molecule has 22 heavy (non-hydrogen) atoms. The standard InChI is InChI=1S/C16H22N2O3S/c1-18(2)22(20,21)14-5-3-4-13(10-14)16(19)17-15-9-11-6-7-12(15)8-11/h3-5,10-12,15H,6-9H2,1-2H3,(H,17,19). The molecule has 2 fully saturated rings. The van der Waals surface area contributed by atoms with Crippen molar-refractivity contribution in [3.8, 4) is 0 Å². The first-order chi connectivity index (χ1) is 10.4. The first-order valence-electron chi connectivity index (χ1n) is 7.71. The van der Waals surface area contributed by atoms with Crippen LogP contribution in [0.3, 0.4) is 0 Å². The second-order valence-electron chi connectivity index (χ2n) is 6.57. The Morgan fingerprint density at radius 2 is 2.00 bits per heavy atom. The molecule has 5 nitrogen and oxygen atoms in total. The Bertz CT molecular complexity index is 684. The van der Waals surface area contributed by atoms with Crippen LogP contribution in [0.4, 0.5) is 0 Å². The zero-order valence-electron chi connectivity index (χ0n) is 13.0. The van der Waals surface area contributed by atoms with E-state index < -0.39 is 10.0 Å². The van der Waals surface area contributed by atoms with Gasteiger partial charge in [-0.15, -0.1) is 0 Å². The van der Waals surface area contributed by atoms with Crippen molar-refractivity contribution in [3.05, 3.63) is 29.8 Å². The Balaban J connectivity index is 1.76. The number of nitrogens with zero attached hydrogens (tertiary/aromatic N) is 1. The molecular weight excluding hydrogens is 300 g/mol. The van der Waals surface area contributed by atoms with Crippen LogP contribution in [0.15, 0.2) is 29.2 Å². The fourth-order valence-electron chi connectivity index (χ4n) is 3.68. The van der Waals surface area contributed by atoms with E-state index in [0.29, 0.717) is 11.5 Å². The molecule has 0 spiro atoms. The van der Waals surface area contributed by atoms with Gasteiger partial charge in [0.25, 0.3) is 5.91 Å². The third-order valence-electron chi connectivity index (χ3n) is 4.93. The van der Waals surface area contributed by atoms with E-state index in [9.17, 15) is 13.2 Å². The minimum atomic E-state index is -3.52. The summed E-state index contributed by atoms with van der Waals surface area (Å²) >= 11 is 0. The molecule has 0 saturated heterocycles. The topological polar surface area (TPSA) is 66.5 Å². The van der Waals surface area contributed by atoms with Gasteiger partial charge in [-0.2, -0.15) is 0 Å². The van der Waals surface area contributed by atoms with E-state index in [1.165, 1.54) is 45.5 Å². The average Bonchev–Trinajstić information content (AvgIpc) is 3.09. The predicted molar refractivity (Wildman–Crippen MR) is 84.0 cm³/mol. The summed E-state index contributed by atoms with van der Waals surface area (Å²) in [6.45, 7) is 0. The highest BCUT2D eigenvalue weighted by molar-refractivity contribution is 7.89. The number of hydrogen-bond acceptors (Lipinski definition) is 3. The molecule has 1 aromatic carbocycles. The van der Waals surface area contributed by atoms with Gasteiger partial charge in [-0.05, 0) is 49.3 Å². The molecule has 3 unspecified atom stereocenters. The number of hydrogen-bond donors (Lipinski definition) is 1. The van der Waals surface area contributed by atoms with Crippen molar-refractivity contribution in [1.29, 1.82) is 0 Å². The van der Waals surface area contributed by atoms with E-state index in [4.69, 9.17) is 0 Å². The largest absolute Gasteiger partial charge is 0.349 e. The molecule has 6 heteroatoms. The first kappa shape index (κ1) is 15.5. The number of carbonyl (C=O) groups is 1. The highest BCUT2D eigenvalue weighted by Gasteiger charge is 2.40. The molecule has 0 aliphatic heterocycles. The van der Waals surface area contributed by atoms with Gasteiger partial charge >= 0.3 is 0 Å². The van der Waals surface area contributed by atoms with Crippen molar-refractivity contribution < 1.29 is 13.2 Å². The number of benzene rings is 1. The number of fused-ring (bicyclic) bond motifs is 2. The number of nitrogens with one attached hydrogen (secondary N) is 1. The van der Waals surface area contributed by atoms with Crippen LogP contribution in [0, 0.1) is 11.8 Å². The maximum absolute atomic E-state index is 12.4. The second-order valence-corrected chi connectivity index (χ2v) is 8.72. The molecule has 0 aromatic heterocycles. The summed E-state index contributed by atoms with van der Waals surface area (Å²) in [4.78, 5) is 12.6. The summed E-state index contributed by atoms with van der Waals surface area (Å²) in [6, 6.07) is 6.51. The van der Waals surface area contributed by atoms with Crippen LogP contribution >= 0.6 is 0 Å². The van der Waals surface area contributed by atoms with Crippen LogP contribution in [-0.2, 0) is 10.0 Å². The zero-order valence-corrected chi connectivity index (χ0v) is 13.8. The van der Waals surface area contributed by atoms with Crippen LogP contribution in [0.2, 0.25) is 0 Å². The highest BCUT2D eigenvalue weighted by Crippen LogP contribution is 2.44. The van der Waals surface area contributed by atoms with E-state index in [2.05, 4.69) is 5.32 Å². The van der Waals surface area contributed by atoms with Crippen molar-refractivity contribution in [2.75, 3.05) is 14.1 Å². The van der Waals surface area contributed by atoms with Crippen LogP contribution in [0.5, 0.6) is 0 Å². The Hall–Kier alpha value is -1.40. The SMILES string of the molecule is CN(C)S(=O)(=O)c1cccc(C(=O)NC2CC3CCC2C3)c1. The molecule has 0 radical (unpaired) electrons. The van der Waals surface area contributed by atoms with Crippen LogP contribution in [0.1, 0.15) is 36.0 Å². The summed E-state index contributed by atoms with van der Waals surface area (Å²) in [5, 5.41) is 3.09. The van der Waals surface area contributed by atoms with E-state index in [1.54, 1.807) is 12.1 Å². The normalized spacial score (nSPS) is 27.3. The molecule has 2 saturated carbocycles. The fourth-order valence-corrected chi connectivity index (χ4v) is 4.63. The summed E-state index contributed by atoms with van der Waals surface area (Å²) in [5.41, 5.74) is 0.408. The van der Waals surface area contributed by atoms with Gasteiger partial charge in [0.05, 0.1) is 4.90 Å². The Labute approximate surface area is 131 Å². The third kappa shape index (κ3) is 2.77. The average molecular weight is 322 g/mol. The number of carbonyl (C=O) groups excluding carboxylic acids is 1. The van der Waals surface area contributed by atoms with Gasteiger partial charge in [0.15, 0.2) is 0 Å². The lowest BCUT2D eigenvalue weighted by Gasteiger charge is -2.23. The van der Waals surface area contributed by atoms with Crippen molar-refractivity contribution >= 4 is 15.9 Å². The molecule has 3 rings (SSSR count). The van der Waals surface area contributed by atoms with Gasteiger partial charge in [-0.25, -0.2) is 12.7 Å². The molecule has 2 aliphatic carbocycles. The van der Waals surface area contributed by atoms with E-state index in [-0.39, 0.29) is 16.8 Å². The maximum Gasteiger partial charge on any atom is 0.251 e. The van der Waals surface area contributed by atoms with E-state index in [0.717, 1.165) is 16.6 Å². The van der Waals surface area contributed by atoms with Gasteiger partial charge in [-0.1, -0.05) is 12.5 Å². The lowest BCUT2D eigenvalue weighted by molar-refractivity contribution is 0.0922. The van der Waals surface area contributed by atoms with E-state index in [1.807, 2.05) is 0 Å². The fraction of sp³-hybridized carbons (Fsp3) is 0.562. The number of amides is 1. The van der Waals surface area contributed by atoms with Crippen molar-refractivity contribution in [2.24, 2.45) is 11.8 Å². The monoisotopic (exact) mass is 322 g/mol. The molecule has 120 valence electrons. The minimum absolute atomic E-state index is 0.151. The molecular formula is C16H22N2O3S. The zero-order chi connectivity index (χ0) is 15.9. The molecule has 0 heterocycles. The van der Waals surface area contributed by atoms with Crippen LogP contribution in [-0.4, -0.2) is 38.8 Å². The van der Waals surface area contributed by atoms with Crippen molar-refractivity contribution in [3.63, 3.8) is 0 Å². The Morgan fingerprint density at radius 3 is 2.59 bits per heavy atom. The molecule has 1 N–H and O–H groups in total. The Morgan fingerprint density at radius 1 is 1.23 bits per heavy atom. The van der Waals surface area contributed by atoms with Crippen molar-refractivity contribution in [1.82, 2.24) is 9.62 Å². The van der Waals surface area contributed by atoms with Crippen LogP contribution in [0.25, 0.3) is 0 Å². The maximum atomic E-state index is 12.4. The number of sulfonamides is 1. The molecule has 2 aliphatic rings. The smallest absolute Gasteiger partial charge is 0.251 e. The summed E-state index contributed by atoms with van der Waals surface area (Å²) in [5.74, 6) is 1.19. The second kappa shape index (κ2) is 5.66. The van der Waals surface area contributed by atoms with Gasteiger partial charge in [0.1, 0.15) is 0 Å². The summed E-state index contributed by atoms with van der Waals surface area (Å²) in [7, 11) is -0.548. The van der Waals surface area contributed by atoms with Gasteiger partial charge in [-0.3, -0.25) is 4.79 Å². The summed E-state index contributed by atoms with van der Waals surface area (Å²) < 4.78 is 25.5. The lowest BCUT2D eigenvalue weighted by atomic mass is 9.95. The lowest BCUT2D eigenvalue weighted by Crippen LogP contribution is -2.38. The number of rotatable bonds is 4. The Kier molecular flexibility index (Phi) is 3.99. The van der Waals surface area contributed by atoms with Gasteiger partial charge in [0.2, 0.25) is 10.0 Å². The predicted octanol–water partition coefficient (Wildman–Crippen LogP) is 1.86. The third-order valence-corrected chi connectivity index (χ3v) is 6.74. The van der Waals surface area contributed by atoms with Gasteiger partial charge in [0, 0.05) is 25.7 Å². The van der Waals surface area contributed by atoms with Gasteiger partial charge < -0.3 is 5.32 Å². The summed E-state index contributed by atoms with van der Waals surface area (Å²) in [6.07, 6.45) is 4.77. The van der Waals surface area contributed by atoms with Crippen LogP contribution < -0.4 is 5.32 Å². The molecule has 2 bridgehead atoms. The first-order valence-corrected chi connectivity index (χ1v) is 9.15. The minimum Gasteiger partial charge on any atom is -0.349 e. The van der Waals surface area contributed by atoms with E-state index >= 15 is 0 Å². The molecule has 1 aromatic rings. The van der Waals surface area contributed by atoms with Crippen molar-refractivity contribution in [2.45, 2.75) is 36.6 Å². The highest BCUT2D eigenvalue weighted by atomic mass is 32.2. The molecule has 1 amide bonds. The molecule has 3 atom stereocenters. The quantitative estimate of drug-likeness (QED) is 0.920.